The summed E-state index contributed by atoms with van der Waals surface area (Å²) in [6.45, 7) is 6.46. The van der Waals surface area contributed by atoms with Gasteiger partial charge >= 0.3 is 0 Å². The molecule has 2 atom stereocenters. The highest BCUT2D eigenvalue weighted by Gasteiger charge is 2.17. The van der Waals surface area contributed by atoms with E-state index < -0.39 is 0 Å². The van der Waals surface area contributed by atoms with Crippen LogP contribution >= 0.6 is 34.5 Å². The van der Waals surface area contributed by atoms with Crippen molar-refractivity contribution in [3.05, 3.63) is 56.2 Å². The molecule has 0 radical (unpaired) electrons. The second kappa shape index (κ2) is 6.30. The number of alkyl halides is 1. The third-order valence-electron chi connectivity index (χ3n) is 3.57. The van der Waals surface area contributed by atoms with Crippen molar-refractivity contribution >= 4 is 34.5 Å². The number of rotatable bonds is 4. The van der Waals surface area contributed by atoms with Gasteiger partial charge < -0.3 is 0 Å². The Morgan fingerprint density at radius 2 is 1.74 bits per heavy atom. The molecule has 3 heteroatoms. The van der Waals surface area contributed by atoms with Crippen LogP contribution in [0.2, 0.25) is 5.02 Å². The minimum absolute atomic E-state index is 0.155. The van der Waals surface area contributed by atoms with Crippen LogP contribution in [0.3, 0.4) is 0 Å². The van der Waals surface area contributed by atoms with Gasteiger partial charge in [-0.2, -0.15) is 0 Å². The molecule has 19 heavy (non-hydrogen) atoms. The lowest BCUT2D eigenvalue weighted by atomic mass is 9.97. The third kappa shape index (κ3) is 3.16. The number of halogens is 2. The lowest BCUT2D eigenvalue weighted by molar-refractivity contribution is 0.733. The molecule has 0 aliphatic rings. The minimum atomic E-state index is -0.155. The summed E-state index contributed by atoms with van der Waals surface area (Å²) in [5.41, 5.74) is 3.57. The van der Waals surface area contributed by atoms with Crippen molar-refractivity contribution in [1.82, 2.24) is 0 Å². The zero-order valence-corrected chi connectivity index (χ0v) is 13.7. The summed E-state index contributed by atoms with van der Waals surface area (Å²) >= 11 is 14.5. The average Bonchev–Trinajstić information content (AvgIpc) is 2.77. The first-order chi connectivity index (χ1) is 9.04. The maximum absolute atomic E-state index is 6.54. The van der Waals surface area contributed by atoms with Crippen molar-refractivity contribution in [2.24, 2.45) is 0 Å². The molecule has 0 bridgehead atoms. The van der Waals surface area contributed by atoms with Gasteiger partial charge in [-0.1, -0.05) is 49.7 Å². The van der Waals surface area contributed by atoms with Crippen LogP contribution in [-0.2, 0) is 0 Å². The maximum atomic E-state index is 6.54. The van der Waals surface area contributed by atoms with Crippen LogP contribution in [-0.4, -0.2) is 0 Å². The zero-order chi connectivity index (χ0) is 14.0. The van der Waals surface area contributed by atoms with E-state index in [9.17, 15) is 0 Å². The smallest absolute Gasteiger partial charge is 0.0942 e. The van der Waals surface area contributed by atoms with E-state index in [2.05, 4.69) is 43.5 Å². The van der Waals surface area contributed by atoms with Crippen LogP contribution in [0.15, 0.2) is 29.6 Å². The van der Waals surface area contributed by atoms with E-state index >= 15 is 0 Å². The summed E-state index contributed by atoms with van der Waals surface area (Å²) in [5, 5.41) is 2.70. The molecule has 0 saturated carbocycles. The van der Waals surface area contributed by atoms with Crippen molar-refractivity contribution in [3.63, 3.8) is 0 Å². The van der Waals surface area contributed by atoms with Crippen molar-refractivity contribution in [1.29, 1.82) is 0 Å². The molecule has 1 aromatic carbocycles. The number of thiophene rings is 1. The number of hydrogen-bond donors (Lipinski definition) is 0. The van der Waals surface area contributed by atoms with Gasteiger partial charge in [-0.25, -0.2) is 0 Å². The Morgan fingerprint density at radius 3 is 2.21 bits per heavy atom. The van der Waals surface area contributed by atoms with Crippen LogP contribution in [0, 0.1) is 6.92 Å². The standard InChI is InChI=1S/C16H18Cl2S/c1-4-10(2)12-5-7-13(8-6-12)15(18)16-14(17)11(3)9-19-16/h5-10,15H,4H2,1-3H3. The van der Waals surface area contributed by atoms with Crippen molar-refractivity contribution in [3.8, 4) is 0 Å². The molecular weight excluding hydrogens is 295 g/mol. The van der Waals surface area contributed by atoms with E-state index in [0.29, 0.717) is 5.92 Å². The molecular formula is C16H18Cl2S. The summed E-state index contributed by atoms with van der Waals surface area (Å²) in [7, 11) is 0. The summed E-state index contributed by atoms with van der Waals surface area (Å²) in [5.74, 6) is 0.593. The van der Waals surface area contributed by atoms with Gasteiger partial charge in [0.05, 0.1) is 10.4 Å². The Labute approximate surface area is 129 Å². The molecule has 0 nitrogen and oxygen atoms in total. The molecule has 0 aliphatic heterocycles. The van der Waals surface area contributed by atoms with Crippen molar-refractivity contribution in [2.75, 3.05) is 0 Å². The van der Waals surface area contributed by atoms with Gasteiger partial charge in [0, 0.05) is 4.88 Å². The first-order valence-corrected chi connectivity index (χ1v) is 8.21. The summed E-state index contributed by atoms with van der Waals surface area (Å²) in [6.07, 6.45) is 1.15. The molecule has 0 amide bonds. The van der Waals surface area contributed by atoms with Gasteiger partial charge in [-0.15, -0.1) is 22.9 Å². The number of hydrogen-bond acceptors (Lipinski definition) is 1. The second-order valence-electron chi connectivity index (χ2n) is 4.94. The van der Waals surface area contributed by atoms with E-state index in [1.807, 2.05) is 6.92 Å². The topological polar surface area (TPSA) is 0 Å². The maximum Gasteiger partial charge on any atom is 0.0942 e. The first-order valence-electron chi connectivity index (χ1n) is 6.52. The van der Waals surface area contributed by atoms with Gasteiger partial charge in [0.2, 0.25) is 0 Å². The highest BCUT2D eigenvalue weighted by molar-refractivity contribution is 7.11. The molecule has 2 unspecified atom stereocenters. The van der Waals surface area contributed by atoms with Crippen LogP contribution in [0.5, 0.6) is 0 Å². The fourth-order valence-electron chi connectivity index (χ4n) is 2.00. The molecule has 0 spiro atoms. The van der Waals surface area contributed by atoms with Crippen LogP contribution in [0.1, 0.15) is 53.1 Å². The van der Waals surface area contributed by atoms with Crippen LogP contribution < -0.4 is 0 Å². The second-order valence-corrected chi connectivity index (χ2v) is 6.66. The predicted octanol–water partition coefficient (Wildman–Crippen LogP) is 6.55. The largest absolute Gasteiger partial charge is 0.145 e. The molecule has 1 aromatic heterocycles. The lowest BCUT2D eigenvalue weighted by Gasteiger charge is -2.12. The van der Waals surface area contributed by atoms with E-state index in [1.54, 1.807) is 11.3 Å². The molecule has 0 N–H and O–H groups in total. The minimum Gasteiger partial charge on any atom is -0.145 e. The van der Waals surface area contributed by atoms with E-state index in [-0.39, 0.29) is 5.38 Å². The quantitative estimate of drug-likeness (QED) is 0.561. The van der Waals surface area contributed by atoms with E-state index in [1.165, 1.54) is 5.56 Å². The van der Waals surface area contributed by atoms with Gasteiger partial charge in [-0.05, 0) is 41.3 Å². The van der Waals surface area contributed by atoms with Gasteiger partial charge in [0.15, 0.2) is 0 Å². The van der Waals surface area contributed by atoms with Crippen LogP contribution in [0.25, 0.3) is 0 Å². The molecule has 102 valence electrons. The monoisotopic (exact) mass is 312 g/mol. The summed E-state index contributed by atoms with van der Waals surface area (Å²) < 4.78 is 0. The lowest BCUT2D eigenvalue weighted by Crippen LogP contribution is -1.95. The normalized spacial score (nSPS) is 14.4. The Morgan fingerprint density at radius 1 is 1.16 bits per heavy atom. The molecule has 0 fully saturated rings. The SMILES string of the molecule is CCC(C)c1ccc(C(Cl)c2scc(C)c2Cl)cc1. The fourth-order valence-corrected chi connectivity index (χ4v) is 3.77. The third-order valence-corrected chi connectivity index (χ3v) is 5.94. The number of aryl methyl sites for hydroxylation is 1. The molecule has 0 aliphatic carbocycles. The Hall–Kier alpha value is -0.500. The van der Waals surface area contributed by atoms with Gasteiger partial charge in [0.25, 0.3) is 0 Å². The Kier molecular flexibility index (Phi) is 4.94. The molecule has 2 aromatic rings. The number of benzene rings is 1. The van der Waals surface area contributed by atoms with Gasteiger partial charge in [-0.3, -0.25) is 0 Å². The Balaban J connectivity index is 2.25. The van der Waals surface area contributed by atoms with Crippen molar-refractivity contribution < 1.29 is 0 Å². The van der Waals surface area contributed by atoms with Crippen molar-refractivity contribution in [2.45, 2.75) is 38.5 Å². The molecule has 0 saturated heterocycles. The highest BCUT2D eigenvalue weighted by atomic mass is 35.5. The Bertz CT molecular complexity index is 542. The molecule has 1 heterocycles. The summed E-state index contributed by atoms with van der Waals surface area (Å²) in [6, 6.07) is 8.58. The van der Waals surface area contributed by atoms with Crippen LogP contribution in [0.4, 0.5) is 0 Å². The summed E-state index contributed by atoms with van der Waals surface area (Å²) in [4.78, 5) is 1.04. The average molecular weight is 313 g/mol. The zero-order valence-electron chi connectivity index (χ0n) is 11.4. The highest BCUT2D eigenvalue weighted by Crippen LogP contribution is 2.39. The van der Waals surface area contributed by atoms with Gasteiger partial charge in [0.1, 0.15) is 0 Å². The first kappa shape index (κ1) is 14.9. The van der Waals surface area contributed by atoms with E-state index in [4.69, 9.17) is 23.2 Å². The predicted molar refractivity (Wildman–Crippen MR) is 86.9 cm³/mol. The molecule has 2 rings (SSSR count). The fraction of sp³-hybridized carbons (Fsp3) is 0.375. The van der Waals surface area contributed by atoms with E-state index in [0.717, 1.165) is 27.4 Å².